The lowest BCUT2D eigenvalue weighted by molar-refractivity contribution is 0.982. The van der Waals surface area contributed by atoms with Crippen molar-refractivity contribution < 1.29 is 0 Å². The second-order valence-corrected chi connectivity index (χ2v) is 5.72. The van der Waals surface area contributed by atoms with Crippen LogP contribution in [-0.4, -0.2) is 9.55 Å². The van der Waals surface area contributed by atoms with Crippen LogP contribution < -0.4 is 0 Å². The predicted molar refractivity (Wildman–Crippen MR) is 85.7 cm³/mol. The van der Waals surface area contributed by atoms with Crippen LogP contribution >= 0.6 is 46.4 Å². The first kappa shape index (κ1) is 14.0. The van der Waals surface area contributed by atoms with E-state index in [0.717, 1.165) is 11.0 Å². The highest BCUT2D eigenvalue weighted by Crippen LogP contribution is 2.33. The van der Waals surface area contributed by atoms with Crippen molar-refractivity contribution in [2.24, 2.45) is 0 Å². The maximum absolute atomic E-state index is 6.28. The fourth-order valence-electron chi connectivity index (χ4n) is 2.15. The third-order valence-corrected chi connectivity index (χ3v) is 4.05. The van der Waals surface area contributed by atoms with E-state index >= 15 is 0 Å². The van der Waals surface area contributed by atoms with Crippen LogP contribution in [0, 0.1) is 0 Å². The van der Waals surface area contributed by atoms with Gasteiger partial charge in [-0.1, -0.05) is 40.9 Å². The van der Waals surface area contributed by atoms with Gasteiger partial charge in [0.05, 0.1) is 32.6 Å². The van der Waals surface area contributed by atoms with Gasteiger partial charge in [0.15, 0.2) is 0 Å². The fraction of sp³-hybridized carbons (Fsp3) is 0.0714. The Morgan fingerprint density at radius 2 is 1.70 bits per heavy atom. The molecule has 0 aliphatic carbocycles. The molecule has 0 amide bonds. The summed E-state index contributed by atoms with van der Waals surface area (Å²) in [4.78, 5) is 4.48. The Balaban J connectivity index is 2.40. The van der Waals surface area contributed by atoms with Crippen molar-refractivity contribution in [3.05, 3.63) is 57.3 Å². The number of benzene rings is 2. The van der Waals surface area contributed by atoms with Gasteiger partial charge >= 0.3 is 0 Å². The molecule has 3 aromatic rings. The Labute approximate surface area is 135 Å². The number of rotatable bonds is 2. The second kappa shape index (κ2) is 5.45. The number of aromatic nitrogens is 2. The largest absolute Gasteiger partial charge is 0.292 e. The summed E-state index contributed by atoms with van der Waals surface area (Å²) in [7, 11) is 0. The van der Waals surface area contributed by atoms with Crippen LogP contribution in [0.4, 0.5) is 0 Å². The molecule has 0 atom stereocenters. The molecule has 2 aromatic carbocycles. The summed E-state index contributed by atoms with van der Waals surface area (Å²) >= 11 is 24.6. The zero-order valence-electron chi connectivity index (χ0n) is 10.1. The molecule has 1 aromatic heterocycles. The highest BCUT2D eigenvalue weighted by molar-refractivity contribution is 6.38. The molecule has 0 N–H and O–H groups in total. The second-order valence-electron chi connectivity index (χ2n) is 4.20. The van der Waals surface area contributed by atoms with Crippen LogP contribution in [0.1, 0.15) is 5.82 Å². The van der Waals surface area contributed by atoms with Gasteiger partial charge in [0, 0.05) is 5.02 Å². The highest BCUT2D eigenvalue weighted by atomic mass is 35.5. The average molecular weight is 346 g/mol. The number of alkyl halides is 1. The molecule has 6 heteroatoms. The van der Waals surface area contributed by atoms with Crippen LogP contribution in [0.5, 0.6) is 0 Å². The lowest BCUT2D eigenvalue weighted by atomic mass is 10.2. The molecule has 20 heavy (non-hydrogen) atoms. The van der Waals surface area contributed by atoms with Gasteiger partial charge in [-0.15, -0.1) is 11.6 Å². The number of hydrogen-bond acceptors (Lipinski definition) is 1. The molecule has 0 unspecified atom stereocenters. The minimum atomic E-state index is 0.244. The Kier molecular flexibility index (Phi) is 3.83. The van der Waals surface area contributed by atoms with Gasteiger partial charge in [-0.25, -0.2) is 4.98 Å². The first-order chi connectivity index (χ1) is 9.61. The fourth-order valence-corrected chi connectivity index (χ4v) is 3.06. The summed E-state index contributed by atoms with van der Waals surface area (Å²) in [5, 5.41) is 1.70. The van der Waals surface area contributed by atoms with E-state index in [-0.39, 0.29) is 5.88 Å². The van der Waals surface area contributed by atoms with Crippen LogP contribution in [0.3, 0.4) is 0 Å². The predicted octanol–water partition coefficient (Wildman–Crippen LogP) is 5.72. The van der Waals surface area contributed by atoms with Gasteiger partial charge in [-0.2, -0.15) is 0 Å². The molecule has 102 valence electrons. The monoisotopic (exact) mass is 344 g/mol. The number of hydrogen-bond donors (Lipinski definition) is 0. The van der Waals surface area contributed by atoms with Gasteiger partial charge in [0.1, 0.15) is 5.82 Å². The first-order valence-electron chi connectivity index (χ1n) is 5.79. The number of para-hydroxylation sites is 1. The summed E-state index contributed by atoms with van der Waals surface area (Å²) in [6.45, 7) is 0. The topological polar surface area (TPSA) is 17.8 Å². The summed E-state index contributed by atoms with van der Waals surface area (Å²) in [6, 6.07) is 10.8. The van der Waals surface area contributed by atoms with E-state index in [1.807, 2.05) is 10.6 Å². The van der Waals surface area contributed by atoms with Crippen molar-refractivity contribution >= 4 is 57.4 Å². The minimum Gasteiger partial charge on any atom is -0.292 e. The molecule has 1 heterocycles. The van der Waals surface area contributed by atoms with Crippen molar-refractivity contribution in [3.8, 4) is 5.69 Å². The SMILES string of the molecule is ClCc1nc2cc(Cl)ccc2n1-c1c(Cl)cccc1Cl. The van der Waals surface area contributed by atoms with Crippen LogP contribution in [0.2, 0.25) is 15.1 Å². The Morgan fingerprint density at radius 3 is 2.35 bits per heavy atom. The van der Waals surface area contributed by atoms with E-state index in [1.165, 1.54) is 0 Å². The quantitative estimate of drug-likeness (QED) is 0.543. The molecule has 3 rings (SSSR count). The van der Waals surface area contributed by atoms with Gasteiger partial charge in [0.2, 0.25) is 0 Å². The van der Waals surface area contributed by atoms with Crippen LogP contribution in [-0.2, 0) is 5.88 Å². The normalized spacial score (nSPS) is 11.2. The van der Waals surface area contributed by atoms with Gasteiger partial charge in [0.25, 0.3) is 0 Å². The lowest BCUT2D eigenvalue weighted by Gasteiger charge is -2.11. The van der Waals surface area contributed by atoms with Gasteiger partial charge in [-0.05, 0) is 30.3 Å². The van der Waals surface area contributed by atoms with Gasteiger partial charge < -0.3 is 0 Å². The smallest absolute Gasteiger partial charge is 0.129 e. The summed E-state index contributed by atoms with van der Waals surface area (Å²) < 4.78 is 1.86. The molecule has 0 radical (unpaired) electrons. The minimum absolute atomic E-state index is 0.244. The molecule has 0 fully saturated rings. The van der Waals surface area contributed by atoms with E-state index in [9.17, 15) is 0 Å². The zero-order chi connectivity index (χ0) is 14.3. The number of imidazole rings is 1. The number of halogens is 4. The highest BCUT2D eigenvalue weighted by Gasteiger charge is 2.16. The molecule has 2 nitrogen and oxygen atoms in total. The number of fused-ring (bicyclic) bond motifs is 1. The molecular formula is C14H8Cl4N2. The third-order valence-electron chi connectivity index (χ3n) is 2.97. The summed E-state index contributed by atoms with van der Waals surface area (Å²) in [5.41, 5.74) is 2.29. The summed E-state index contributed by atoms with van der Waals surface area (Å²) in [6.07, 6.45) is 0. The zero-order valence-corrected chi connectivity index (χ0v) is 13.1. The van der Waals surface area contributed by atoms with Crippen LogP contribution in [0.25, 0.3) is 16.7 Å². The van der Waals surface area contributed by atoms with E-state index in [1.54, 1.807) is 30.3 Å². The van der Waals surface area contributed by atoms with E-state index in [2.05, 4.69) is 4.98 Å². The maximum Gasteiger partial charge on any atom is 0.129 e. The maximum atomic E-state index is 6.28. The number of nitrogens with zero attached hydrogens (tertiary/aromatic N) is 2. The lowest BCUT2D eigenvalue weighted by Crippen LogP contribution is -2.01. The molecule has 0 bridgehead atoms. The van der Waals surface area contributed by atoms with Crippen molar-refractivity contribution in [1.82, 2.24) is 9.55 Å². The first-order valence-corrected chi connectivity index (χ1v) is 7.46. The van der Waals surface area contributed by atoms with Crippen molar-refractivity contribution in [2.45, 2.75) is 5.88 Å². The molecule has 0 spiro atoms. The van der Waals surface area contributed by atoms with Gasteiger partial charge in [-0.3, -0.25) is 4.57 Å². The Morgan fingerprint density at radius 1 is 1.00 bits per heavy atom. The Bertz CT molecular complexity index is 775. The Hall–Kier alpha value is -0.930. The van der Waals surface area contributed by atoms with Crippen molar-refractivity contribution in [2.75, 3.05) is 0 Å². The van der Waals surface area contributed by atoms with Crippen molar-refractivity contribution in [1.29, 1.82) is 0 Å². The molecule has 0 aliphatic heterocycles. The standard InChI is InChI=1S/C14H8Cl4N2/c15-7-13-19-11-6-8(16)4-5-12(11)20(13)14-9(17)2-1-3-10(14)18/h1-6H,7H2. The van der Waals surface area contributed by atoms with Crippen molar-refractivity contribution in [3.63, 3.8) is 0 Å². The summed E-state index contributed by atoms with van der Waals surface area (Å²) in [5.74, 6) is 0.910. The molecule has 0 saturated carbocycles. The van der Waals surface area contributed by atoms with Crippen LogP contribution in [0.15, 0.2) is 36.4 Å². The van der Waals surface area contributed by atoms with E-state index in [4.69, 9.17) is 46.4 Å². The molecular weight excluding hydrogens is 338 g/mol. The molecule has 0 aliphatic rings. The molecule has 0 saturated heterocycles. The average Bonchev–Trinajstić information content (AvgIpc) is 2.76. The van der Waals surface area contributed by atoms with E-state index < -0.39 is 0 Å². The van der Waals surface area contributed by atoms with E-state index in [0.29, 0.717) is 26.6 Å². The third kappa shape index (κ3) is 2.27.